The van der Waals surface area contributed by atoms with Crippen molar-refractivity contribution < 1.29 is 8.81 Å². The van der Waals surface area contributed by atoms with Crippen molar-refractivity contribution in [3.63, 3.8) is 0 Å². The van der Waals surface area contributed by atoms with Gasteiger partial charge in [0, 0.05) is 12.5 Å². The van der Waals surface area contributed by atoms with Crippen LogP contribution in [0, 0.1) is 11.7 Å². The number of nitrogens with two attached hydrogens (primary N) is 1. The smallest absolute Gasteiger partial charge is 0.195 e. The summed E-state index contributed by atoms with van der Waals surface area (Å²) in [6, 6.07) is 4.39. The third-order valence-corrected chi connectivity index (χ3v) is 2.90. The number of halogens is 1. The van der Waals surface area contributed by atoms with Crippen molar-refractivity contribution >= 4 is 11.1 Å². The lowest BCUT2D eigenvalue weighted by Crippen LogP contribution is -2.06. The molecule has 0 amide bonds. The molecular weight excluding hydrogens is 219 g/mol. The Morgan fingerprint density at radius 2 is 2.24 bits per heavy atom. The van der Waals surface area contributed by atoms with Crippen LogP contribution in [0.25, 0.3) is 11.1 Å². The summed E-state index contributed by atoms with van der Waals surface area (Å²) in [6.45, 7) is 2.87. The van der Waals surface area contributed by atoms with Gasteiger partial charge in [-0.3, -0.25) is 0 Å². The lowest BCUT2D eigenvalue weighted by atomic mass is 10.0. The Balaban J connectivity index is 2.04. The molecule has 0 radical (unpaired) electrons. The van der Waals surface area contributed by atoms with Crippen LogP contribution in [0.3, 0.4) is 0 Å². The Bertz CT molecular complexity index is 495. The zero-order valence-electron chi connectivity index (χ0n) is 9.95. The quantitative estimate of drug-likeness (QED) is 0.868. The van der Waals surface area contributed by atoms with Crippen molar-refractivity contribution in [3.8, 4) is 0 Å². The first-order valence-electron chi connectivity index (χ1n) is 5.94. The number of hydrogen-bond donors (Lipinski definition) is 1. The fourth-order valence-corrected chi connectivity index (χ4v) is 1.85. The van der Waals surface area contributed by atoms with Gasteiger partial charge in [-0.1, -0.05) is 6.92 Å². The normalized spacial score (nSPS) is 13.1. The van der Waals surface area contributed by atoms with Crippen LogP contribution in [0.15, 0.2) is 22.6 Å². The maximum absolute atomic E-state index is 13.0. The van der Waals surface area contributed by atoms with Crippen LogP contribution < -0.4 is 5.73 Å². The van der Waals surface area contributed by atoms with Crippen LogP contribution in [0.5, 0.6) is 0 Å². The number of aryl methyl sites for hydroxylation is 1. The second kappa shape index (κ2) is 5.27. The van der Waals surface area contributed by atoms with Gasteiger partial charge in [-0.05, 0) is 37.4 Å². The Labute approximate surface area is 99.8 Å². The molecule has 17 heavy (non-hydrogen) atoms. The number of nitrogens with zero attached hydrogens (tertiary/aromatic N) is 1. The van der Waals surface area contributed by atoms with Gasteiger partial charge in [-0.25, -0.2) is 9.37 Å². The van der Waals surface area contributed by atoms with Gasteiger partial charge in [-0.2, -0.15) is 0 Å². The highest BCUT2D eigenvalue weighted by molar-refractivity contribution is 5.72. The molecule has 2 N–H and O–H groups in total. The molecular formula is C13H17FN2O. The van der Waals surface area contributed by atoms with E-state index < -0.39 is 0 Å². The standard InChI is InChI=1S/C13H17FN2O/c1-9(6-7-15)2-5-13-16-11-8-10(14)3-4-12(11)17-13/h3-4,8-9H,2,5-7,15H2,1H3. The van der Waals surface area contributed by atoms with Gasteiger partial charge >= 0.3 is 0 Å². The summed E-state index contributed by atoms with van der Waals surface area (Å²) < 4.78 is 18.5. The summed E-state index contributed by atoms with van der Waals surface area (Å²) in [6.07, 6.45) is 2.78. The Hall–Kier alpha value is -1.42. The van der Waals surface area contributed by atoms with Crippen molar-refractivity contribution in [3.05, 3.63) is 29.9 Å². The summed E-state index contributed by atoms with van der Waals surface area (Å²) in [4.78, 5) is 4.27. The topological polar surface area (TPSA) is 52.0 Å². The van der Waals surface area contributed by atoms with E-state index in [2.05, 4.69) is 11.9 Å². The van der Waals surface area contributed by atoms with E-state index in [0.29, 0.717) is 29.5 Å². The molecule has 1 heterocycles. The van der Waals surface area contributed by atoms with Crippen LogP contribution in [0.1, 0.15) is 25.7 Å². The molecule has 0 aliphatic rings. The molecule has 0 aliphatic heterocycles. The number of oxazole rings is 1. The summed E-state index contributed by atoms with van der Waals surface area (Å²) in [5.74, 6) is 0.954. The van der Waals surface area contributed by atoms with Gasteiger partial charge in [0.05, 0.1) is 0 Å². The van der Waals surface area contributed by atoms with Crippen molar-refractivity contribution in [2.24, 2.45) is 11.7 Å². The number of hydrogen-bond acceptors (Lipinski definition) is 3. The number of fused-ring (bicyclic) bond motifs is 1. The molecule has 1 aromatic heterocycles. The highest BCUT2D eigenvalue weighted by atomic mass is 19.1. The van der Waals surface area contributed by atoms with E-state index in [-0.39, 0.29) is 5.82 Å². The van der Waals surface area contributed by atoms with Gasteiger partial charge in [0.2, 0.25) is 0 Å². The fourth-order valence-electron chi connectivity index (χ4n) is 1.85. The second-order valence-electron chi connectivity index (χ2n) is 4.44. The van der Waals surface area contributed by atoms with Gasteiger partial charge in [-0.15, -0.1) is 0 Å². The Morgan fingerprint density at radius 1 is 1.41 bits per heavy atom. The van der Waals surface area contributed by atoms with Crippen LogP contribution in [0.4, 0.5) is 4.39 Å². The molecule has 0 fully saturated rings. The molecule has 2 aromatic rings. The average Bonchev–Trinajstić information content (AvgIpc) is 2.68. The Kier molecular flexibility index (Phi) is 3.74. The van der Waals surface area contributed by atoms with Crippen LogP contribution >= 0.6 is 0 Å². The Morgan fingerprint density at radius 3 is 3.00 bits per heavy atom. The molecule has 0 spiro atoms. The molecule has 0 saturated carbocycles. The molecule has 0 saturated heterocycles. The molecule has 4 heteroatoms. The van der Waals surface area contributed by atoms with Crippen LogP contribution in [-0.4, -0.2) is 11.5 Å². The minimum Gasteiger partial charge on any atom is -0.441 e. The summed E-state index contributed by atoms with van der Waals surface area (Å²) in [5.41, 5.74) is 6.73. The summed E-state index contributed by atoms with van der Waals surface area (Å²) in [7, 11) is 0. The van der Waals surface area contributed by atoms with E-state index in [1.807, 2.05) is 0 Å². The minimum atomic E-state index is -0.283. The molecule has 3 nitrogen and oxygen atoms in total. The molecule has 2 rings (SSSR count). The van der Waals surface area contributed by atoms with Crippen molar-refractivity contribution in [1.29, 1.82) is 0 Å². The third-order valence-electron chi connectivity index (χ3n) is 2.90. The van der Waals surface area contributed by atoms with Gasteiger partial charge < -0.3 is 10.2 Å². The average molecular weight is 236 g/mol. The van der Waals surface area contributed by atoms with E-state index in [0.717, 1.165) is 19.3 Å². The number of benzene rings is 1. The lowest BCUT2D eigenvalue weighted by molar-refractivity contribution is 0.451. The van der Waals surface area contributed by atoms with Crippen LogP contribution in [-0.2, 0) is 6.42 Å². The molecule has 1 unspecified atom stereocenters. The number of aromatic nitrogens is 1. The first-order chi connectivity index (χ1) is 8.19. The van der Waals surface area contributed by atoms with Gasteiger partial charge in [0.25, 0.3) is 0 Å². The van der Waals surface area contributed by atoms with E-state index in [9.17, 15) is 4.39 Å². The summed E-state index contributed by atoms with van der Waals surface area (Å²) in [5, 5.41) is 0. The number of rotatable bonds is 5. The van der Waals surface area contributed by atoms with Crippen molar-refractivity contribution in [1.82, 2.24) is 4.98 Å². The largest absolute Gasteiger partial charge is 0.441 e. The fraction of sp³-hybridized carbons (Fsp3) is 0.462. The van der Waals surface area contributed by atoms with Gasteiger partial charge in [0.1, 0.15) is 11.3 Å². The second-order valence-corrected chi connectivity index (χ2v) is 4.44. The first-order valence-corrected chi connectivity index (χ1v) is 5.94. The maximum Gasteiger partial charge on any atom is 0.195 e. The first kappa shape index (κ1) is 12.0. The lowest BCUT2D eigenvalue weighted by Gasteiger charge is -2.06. The maximum atomic E-state index is 13.0. The zero-order valence-corrected chi connectivity index (χ0v) is 9.95. The molecule has 1 atom stereocenters. The highest BCUT2D eigenvalue weighted by Crippen LogP contribution is 2.19. The van der Waals surface area contributed by atoms with E-state index in [1.54, 1.807) is 6.07 Å². The predicted molar refractivity (Wildman–Crippen MR) is 65.1 cm³/mol. The zero-order chi connectivity index (χ0) is 12.3. The monoisotopic (exact) mass is 236 g/mol. The molecule has 1 aromatic carbocycles. The van der Waals surface area contributed by atoms with E-state index >= 15 is 0 Å². The molecule has 92 valence electrons. The highest BCUT2D eigenvalue weighted by Gasteiger charge is 2.08. The molecule has 0 aliphatic carbocycles. The third kappa shape index (κ3) is 3.03. The predicted octanol–water partition coefficient (Wildman–Crippen LogP) is 2.88. The van der Waals surface area contributed by atoms with E-state index in [1.165, 1.54) is 12.1 Å². The SMILES string of the molecule is CC(CCN)CCc1nc2cc(F)ccc2o1. The summed E-state index contributed by atoms with van der Waals surface area (Å²) >= 11 is 0. The van der Waals surface area contributed by atoms with Crippen molar-refractivity contribution in [2.45, 2.75) is 26.2 Å². The van der Waals surface area contributed by atoms with Crippen LogP contribution in [0.2, 0.25) is 0 Å². The van der Waals surface area contributed by atoms with Crippen molar-refractivity contribution in [2.75, 3.05) is 6.54 Å². The molecule has 0 bridgehead atoms. The van der Waals surface area contributed by atoms with Gasteiger partial charge in [0.15, 0.2) is 11.5 Å². The van der Waals surface area contributed by atoms with E-state index in [4.69, 9.17) is 10.2 Å². The minimum absolute atomic E-state index is 0.283.